The molecule has 27 heavy (non-hydrogen) atoms. The van der Waals surface area contributed by atoms with Gasteiger partial charge < -0.3 is 14.8 Å². The fraction of sp³-hybridized carbons (Fsp3) is 0.526. The van der Waals surface area contributed by atoms with Gasteiger partial charge in [0, 0.05) is 44.9 Å². The summed E-state index contributed by atoms with van der Waals surface area (Å²) in [5, 5.41) is 11.4. The topological polar surface area (TPSA) is 93.0 Å². The molecule has 142 valence electrons. The average molecular weight is 368 g/mol. The Bertz CT molecular complexity index is 819. The van der Waals surface area contributed by atoms with Gasteiger partial charge in [-0.25, -0.2) is 0 Å². The predicted octanol–water partition coefficient (Wildman–Crippen LogP) is 1.06. The third-order valence-electron chi connectivity index (χ3n) is 5.29. The fourth-order valence-corrected chi connectivity index (χ4v) is 3.80. The highest BCUT2D eigenvalue weighted by atomic mass is 16.2. The largest absolute Gasteiger partial charge is 0.348 e. The van der Waals surface area contributed by atoms with E-state index >= 15 is 0 Å². The number of aromatic nitrogens is 4. The standard InChI is InChI=1S/C19H24N6O2/c26-18-9-15(13-24(18)12-14-5-4-7-20-10-14)19(27)21-11-17-23-22-16-6-2-1-3-8-25(16)17/h4-5,7,10,15H,1-3,6,8-9,11-13H2,(H,21,27). The van der Waals surface area contributed by atoms with E-state index in [1.807, 2.05) is 12.1 Å². The summed E-state index contributed by atoms with van der Waals surface area (Å²) in [6, 6.07) is 3.78. The minimum atomic E-state index is -0.319. The second-order valence-electron chi connectivity index (χ2n) is 7.25. The van der Waals surface area contributed by atoms with Crippen molar-refractivity contribution < 1.29 is 9.59 Å². The van der Waals surface area contributed by atoms with Crippen molar-refractivity contribution in [1.29, 1.82) is 0 Å². The van der Waals surface area contributed by atoms with Gasteiger partial charge in [0.25, 0.3) is 0 Å². The van der Waals surface area contributed by atoms with E-state index in [0.29, 0.717) is 19.6 Å². The number of likely N-dealkylation sites (tertiary alicyclic amines) is 1. The summed E-state index contributed by atoms with van der Waals surface area (Å²) in [6.45, 7) is 2.21. The minimum absolute atomic E-state index is 0.00958. The maximum Gasteiger partial charge on any atom is 0.225 e. The van der Waals surface area contributed by atoms with E-state index in [1.165, 1.54) is 6.42 Å². The first kappa shape index (κ1) is 17.6. The zero-order chi connectivity index (χ0) is 18.6. The van der Waals surface area contributed by atoms with Gasteiger partial charge in [0.1, 0.15) is 5.82 Å². The maximum atomic E-state index is 12.6. The van der Waals surface area contributed by atoms with Gasteiger partial charge in [-0.3, -0.25) is 14.6 Å². The van der Waals surface area contributed by atoms with Crippen LogP contribution in [0, 0.1) is 5.92 Å². The molecule has 2 aromatic rings. The van der Waals surface area contributed by atoms with Crippen molar-refractivity contribution in [2.75, 3.05) is 6.54 Å². The number of carbonyl (C=O) groups excluding carboxylic acids is 2. The second-order valence-corrected chi connectivity index (χ2v) is 7.25. The number of hydrogen-bond acceptors (Lipinski definition) is 5. The number of rotatable bonds is 5. The molecule has 8 heteroatoms. The summed E-state index contributed by atoms with van der Waals surface area (Å²) in [7, 11) is 0. The molecule has 4 heterocycles. The molecule has 1 unspecified atom stereocenters. The first-order valence-electron chi connectivity index (χ1n) is 9.56. The lowest BCUT2D eigenvalue weighted by atomic mass is 10.1. The molecule has 2 amide bonds. The van der Waals surface area contributed by atoms with E-state index in [0.717, 1.165) is 43.0 Å². The number of carbonyl (C=O) groups is 2. The summed E-state index contributed by atoms with van der Waals surface area (Å²) in [4.78, 5) is 30.6. The van der Waals surface area contributed by atoms with Crippen molar-refractivity contribution in [1.82, 2.24) is 30.0 Å². The molecule has 8 nitrogen and oxygen atoms in total. The molecule has 0 aromatic carbocycles. The number of nitrogens with one attached hydrogen (secondary N) is 1. The molecule has 1 atom stereocenters. The predicted molar refractivity (Wildman–Crippen MR) is 97.2 cm³/mol. The molecule has 0 saturated carbocycles. The highest BCUT2D eigenvalue weighted by molar-refractivity contribution is 5.89. The van der Waals surface area contributed by atoms with Crippen molar-refractivity contribution in [3.63, 3.8) is 0 Å². The van der Waals surface area contributed by atoms with Gasteiger partial charge in [-0.1, -0.05) is 12.5 Å². The zero-order valence-corrected chi connectivity index (χ0v) is 15.3. The van der Waals surface area contributed by atoms with Crippen LogP contribution in [-0.2, 0) is 35.6 Å². The molecule has 1 N–H and O–H groups in total. The van der Waals surface area contributed by atoms with Crippen molar-refractivity contribution >= 4 is 11.8 Å². The van der Waals surface area contributed by atoms with Crippen LogP contribution in [-0.4, -0.2) is 43.0 Å². The molecule has 4 rings (SSSR count). The molecule has 2 aliphatic heterocycles. The summed E-state index contributed by atoms with van der Waals surface area (Å²) < 4.78 is 2.13. The molecule has 0 aliphatic carbocycles. The first-order valence-corrected chi connectivity index (χ1v) is 9.56. The van der Waals surface area contributed by atoms with Gasteiger partial charge in [-0.05, 0) is 24.5 Å². The van der Waals surface area contributed by atoms with Crippen molar-refractivity contribution in [2.24, 2.45) is 5.92 Å². The Labute approximate surface area is 158 Å². The van der Waals surface area contributed by atoms with E-state index in [2.05, 4.69) is 25.1 Å². The smallest absolute Gasteiger partial charge is 0.225 e. The number of hydrogen-bond donors (Lipinski definition) is 1. The van der Waals surface area contributed by atoms with Gasteiger partial charge in [0.2, 0.25) is 11.8 Å². The number of fused-ring (bicyclic) bond motifs is 1. The van der Waals surface area contributed by atoms with E-state index in [9.17, 15) is 9.59 Å². The van der Waals surface area contributed by atoms with E-state index < -0.39 is 0 Å². The van der Waals surface area contributed by atoms with Crippen LogP contribution in [0.25, 0.3) is 0 Å². The van der Waals surface area contributed by atoms with Gasteiger partial charge in [-0.2, -0.15) is 0 Å². The van der Waals surface area contributed by atoms with Crippen LogP contribution in [0.2, 0.25) is 0 Å². The highest BCUT2D eigenvalue weighted by Crippen LogP contribution is 2.20. The Morgan fingerprint density at radius 3 is 3.04 bits per heavy atom. The van der Waals surface area contributed by atoms with Crippen LogP contribution >= 0.6 is 0 Å². The second kappa shape index (κ2) is 7.85. The van der Waals surface area contributed by atoms with Crippen LogP contribution in [0.15, 0.2) is 24.5 Å². The van der Waals surface area contributed by atoms with Crippen LogP contribution in [0.1, 0.15) is 42.9 Å². The van der Waals surface area contributed by atoms with Gasteiger partial charge >= 0.3 is 0 Å². The van der Waals surface area contributed by atoms with Crippen molar-refractivity contribution in [3.05, 3.63) is 41.7 Å². The number of amides is 2. The average Bonchev–Trinajstić information content (AvgIpc) is 3.15. The lowest BCUT2D eigenvalue weighted by Crippen LogP contribution is -2.33. The monoisotopic (exact) mass is 368 g/mol. The molecule has 2 aliphatic rings. The Kier molecular flexibility index (Phi) is 5.13. The lowest BCUT2D eigenvalue weighted by Gasteiger charge is -2.16. The van der Waals surface area contributed by atoms with Gasteiger partial charge in [0.15, 0.2) is 5.82 Å². The maximum absolute atomic E-state index is 12.6. The quantitative estimate of drug-likeness (QED) is 0.852. The third kappa shape index (κ3) is 3.99. The number of aryl methyl sites for hydroxylation is 1. The van der Waals surface area contributed by atoms with Gasteiger partial charge in [-0.15, -0.1) is 10.2 Å². The Hall–Kier alpha value is -2.77. The molecule has 2 aromatic heterocycles. The molecular weight excluding hydrogens is 344 g/mol. The molecular formula is C19H24N6O2. The van der Waals surface area contributed by atoms with E-state index in [4.69, 9.17) is 0 Å². The number of pyridine rings is 1. The summed E-state index contributed by atoms with van der Waals surface area (Å²) in [6.07, 6.45) is 8.11. The first-order chi connectivity index (χ1) is 13.2. The molecule has 0 spiro atoms. The highest BCUT2D eigenvalue weighted by Gasteiger charge is 2.34. The van der Waals surface area contributed by atoms with Crippen LogP contribution in [0.4, 0.5) is 0 Å². The molecule has 0 bridgehead atoms. The number of nitrogens with zero attached hydrogens (tertiary/aromatic N) is 5. The third-order valence-corrected chi connectivity index (χ3v) is 5.29. The Morgan fingerprint density at radius 2 is 2.19 bits per heavy atom. The SMILES string of the molecule is O=C(NCc1nnc2n1CCCCC2)C1CC(=O)N(Cc2cccnc2)C1. The van der Waals surface area contributed by atoms with Crippen molar-refractivity contribution in [2.45, 2.75) is 51.7 Å². The van der Waals surface area contributed by atoms with Crippen molar-refractivity contribution in [3.8, 4) is 0 Å². The van der Waals surface area contributed by atoms with Crippen LogP contribution in [0.3, 0.4) is 0 Å². The minimum Gasteiger partial charge on any atom is -0.348 e. The van der Waals surface area contributed by atoms with Crippen LogP contribution < -0.4 is 5.32 Å². The van der Waals surface area contributed by atoms with Crippen LogP contribution in [0.5, 0.6) is 0 Å². The summed E-state index contributed by atoms with van der Waals surface area (Å²) >= 11 is 0. The Balaban J connectivity index is 1.33. The summed E-state index contributed by atoms with van der Waals surface area (Å²) in [5.41, 5.74) is 0.970. The zero-order valence-electron chi connectivity index (χ0n) is 15.3. The Morgan fingerprint density at radius 1 is 1.26 bits per heavy atom. The van der Waals surface area contributed by atoms with E-state index in [-0.39, 0.29) is 24.2 Å². The van der Waals surface area contributed by atoms with E-state index in [1.54, 1.807) is 17.3 Å². The summed E-state index contributed by atoms with van der Waals surface area (Å²) in [5.74, 6) is 1.41. The normalized spacial score (nSPS) is 19.6. The lowest BCUT2D eigenvalue weighted by molar-refractivity contribution is -0.129. The molecule has 0 radical (unpaired) electrons. The van der Waals surface area contributed by atoms with Gasteiger partial charge in [0.05, 0.1) is 12.5 Å². The fourth-order valence-electron chi connectivity index (χ4n) is 3.80. The molecule has 1 fully saturated rings. The molecule has 1 saturated heterocycles.